The summed E-state index contributed by atoms with van der Waals surface area (Å²) >= 11 is 12.1. The lowest BCUT2D eigenvalue weighted by molar-refractivity contribution is -0.117. The number of nitrogens with zero attached hydrogens (tertiary/aromatic N) is 1. The van der Waals surface area contributed by atoms with Crippen LogP contribution in [0.2, 0.25) is 10.0 Å². The van der Waals surface area contributed by atoms with Gasteiger partial charge in [0.15, 0.2) is 0 Å². The van der Waals surface area contributed by atoms with Gasteiger partial charge in [-0.15, -0.1) is 0 Å². The van der Waals surface area contributed by atoms with Crippen molar-refractivity contribution in [2.24, 2.45) is 0 Å². The molecule has 2 amide bonds. The molecule has 7 nitrogen and oxygen atoms in total. The first-order valence-electron chi connectivity index (χ1n) is 9.27. The van der Waals surface area contributed by atoms with Gasteiger partial charge in [-0.1, -0.05) is 49.2 Å². The van der Waals surface area contributed by atoms with E-state index in [1.54, 1.807) is 38.1 Å². The van der Waals surface area contributed by atoms with Crippen molar-refractivity contribution in [3.8, 4) is 0 Å². The number of carbonyl (C=O) groups is 2. The smallest absolute Gasteiger partial charge is 0.253 e. The third kappa shape index (κ3) is 5.51. The van der Waals surface area contributed by atoms with E-state index in [1.165, 1.54) is 29.4 Å². The first kappa shape index (κ1) is 24.1. The second-order valence-electron chi connectivity index (χ2n) is 6.40. The Morgan fingerprint density at radius 1 is 1.03 bits per heavy atom. The molecule has 0 aromatic heterocycles. The van der Waals surface area contributed by atoms with Gasteiger partial charge >= 0.3 is 0 Å². The lowest BCUT2D eigenvalue weighted by Gasteiger charge is -2.20. The normalized spacial score (nSPS) is 12.5. The van der Waals surface area contributed by atoms with Crippen molar-refractivity contribution in [1.29, 1.82) is 0 Å². The van der Waals surface area contributed by atoms with E-state index in [2.05, 4.69) is 10.6 Å². The molecule has 2 rings (SSSR count). The molecule has 0 saturated heterocycles. The van der Waals surface area contributed by atoms with E-state index in [9.17, 15) is 18.0 Å². The Hall–Kier alpha value is -2.13. The summed E-state index contributed by atoms with van der Waals surface area (Å²) in [6.07, 6.45) is 0. The van der Waals surface area contributed by atoms with Crippen LogP contribution < -0.4 is 10.6 Å². The average molecular weight is 472 g/mol. The van der Waals surface area contributed by atoms with Crippen LogP contribution in [0.25, 0.3) is 0 Å². The third-order valence-corrected chi connectivity index (χ3v) is 7.24. The number of sulfonamides is 1. The highest BCUT2D eigenvalue weighted by atomic mass is 35.5. The number of carbonyl (C=O) groups excluding carboxylic acids is 2. The SMILES string of the molecule is CCN(CC)S(=O)(=O)c1cc(NC(=O)C(C)NC(=O)c2ccccc2Cl)ccc1Cl. The van der Waals surface area contributed by atoms with Crippen LogP contribution in [0.1, 0.15) is 31.1 Å². The van der Waals surface area contributed by atoms with Gasteiger partial charge in [-0.25, -0.2) is 8.42 Å². The number of benzene rings is 2. The van der Waals surface area contributed by atoms with Gasteiger partial charge in [0.25, 0.3) is 5.91 Å². The predicted molar refractivity (Wildman–Crippen MR) is 119 cm³/mol. The minimum Gasteiger partial charge on any atom is -0.340 e. The monoisotopic (exact) mass is 471 g/mol. The van der Waals surface area contributed by atoms with Gasteiger partial charge in [-0.05, 0) is 37.3 Å². The van der Waals surface area contributed by atoms with E-state index in [0.717, 1.165) is 0 Å². The zero-order chi connectivity index (χ0) is 22.5. The van der Waals surface area contributed by atoms with Gasteiger partial charge in [-0.2, -0.15) is 4.31 Å². The van der Waals surface area contributed by atoms with Gasteiger partial charge in [0, 0.05) is 18.8 Å². The van der Waals surface area contributed by atoms with Crippen molar-refractivity contribution in [3.05, 3.63) is 58.1 Å². The number of nitrogens with one attached hydrogen (secondary N) is 2. The third-order valence-electron chi connectivity index (χ3n) is 4.38. The number of hydrogen-bond acceptors (Lipinski definition) is 4. The molecule has 0 radical (unpaired) electrons. The molecule has 0 heterocycles. The summed E-state index contributed by atoms with van der Waals surface area (Å²) in [7, 11) is -3.80. The molecule has 2 N–H and O–H groups in total. The minimum absolute atomic E-state index is 0.0555. The molecule has 0 aliphatic carbocycles. The fourth-order valence-electron chi connectivity index (χ4n) is 2.72. The molecule has 0 bridgehead atoms. The highest BCUT2D eigenvalue weighted by Crippen LogP contribution is 2.28. The van der Waals surface area contributed by atoms with Crippen LogP contribution in [0.4, 0.5) is 5.69 Å². The molecule has 162 valence electrons. The van der Waals surface area contributed by atoms with Crippen LogP contribution in [0.3, 0.4) is 0 Å². The van der Waals surface area contributed by atoms with Crippen molar-refractivity contribution < 1.29 is 18.0 Å². The molecule has 1 atom stereocenters. The Bertz CT molecular complexity index is 1040. The summed E-state index contributed by atoms with van der Waals surface area (Å²) in [5, 5.41) is 5.49. The first-order chi connectivity index (χ1) is 14.1. The highest BCUT2D eigenvalue weighted by molar-refractivity contribution is 7.89. The van der Waals surface area contributed by atoms with Crippen LogP contribution in [0.5, 0.6) is 0 Å². The Balaban J connectivity index is 2.17. The van der Waals surface area contributed by atoms with E-state index < -0.39 is 27.9 Å². The molecule has 0 aliphatic heterocycles. The summed E-state index contributed by atoms with van der Waals surface area (Å²) in [4.78, 5) is 24.7. The van der Waals surface area contributed by atoms with Gasteiger partial charge < -0.3 is 10.6 Å². The summed E-state index contributed by atoms with van der Waals surface area (Å²) < 4.78 is 26.8. The van der Waals surface area contributed by atoms with Gasteiger partial charge in [0.2, 0.25) is 15.9 Å². The molecule has 0 fully saturated rings. The lowest BCUT2D eigenvalue weighted by atomic mass is 10.2. The minimum atomic E-state index is -3.80. The second-order valence-corrected chi connectivity index (χ2v) is 9.12. The molecule has 2 aromatic rings. The number of hydrogen-bond donors (Lipinski definition) is 2. The van der Waals surface area contributed by atoms with Crippen molar-refractivity contribution in [1.82, 2.24) is 9.62 Å². The molecular weight excluding hydrogens is 449 g/mol. The molecular formula is C20H23Cl2N3O4S. The molecule has 0 aliphatic rings. The zero-order valence-electron chi connectivity index (χ0n) is 16.8. The maximum absolute atomic E-state index is 12.8. The molecule has 10 heteroatoms. The standard InChI is InChI=1S/C20H23Cl2N3O4S/c1-4-25(5-2)30(28,29)18-12-14(10-11-17(18)22)24-19(26)13(3)23-20(27)15-8-6-7-9-16(15)21/h6-13H,4-5H2,1-3H3,(H,23,27)(H,24,26). The molecule has 2 aromatic carbocycles. The summed E-state index contributed by atoms with van der Waals surface area (Å²) in [6, 6.07) is 9.78. The Morgan fingerprint density at radius 3 is 2.27 bits per heavy atom. The van der Waals surface area contributed by atoms with Crippen molar-refractivity contribution in [2.45, 2.75) is 31.7 Å². The molecule has 0 spiro atoms. The summed E-state index contributed by atoms with van der Waals surface area (Å²) in [5.41, 5.74) is 0.492. The number of anilines is 1. The summed E-state index contributed by atoms with van der Waals surface area (Å²) in [6.45, 7) is 5.54. The van der Waals surface area contributed by atoms with Crippen LogP contribution in [-0.2, 0) is 14.8 Å². The average Bonchev–Trinajstić information content (AvgIpc) is 2.70. The van der Waals surface area contributed by atoms with Crippen LogP contribution in [0.15, 0.2) is 47.4 Å². The van der Waals surface area contributed by atoms with E-state index in [4.69, 9.17) is 23.2 Å². The van der Waals surface area contributed by atoms with Crippen molar-refractivity contribution in [2.75, 3.05) is 18.4 Å². The van der Waals surface area contributed by atoms with Crippen LogP contribution in [0, 0.1) is 0 Å². The first-order valence-corrected chi connectivity index (χ1v) is 11.5. The largest absolute Gasteiger partial charge is 0.340 e. The maximum atomic E-state index is 12.8. The van der Waals surface area contributed by atoms with Gasteiger partial charge in [0.1, 0.15) is 10.9 Å². The van der Waals surface area contributed by atoms with E-state index in [0.29, 0.717) is 0 Å². The molecule has 1 unspecified atom stereocenters. The molecule has 0 saturated carbocycles. The van der Waals surface area contributed by atoms with Gasteiger partial charge in [0.05, 0.1) is 15.6 Å². The quantitative estimate of drug-likeness (QED) is 0.611. The summed E-state index contributed by atoms with van der Waals surface area (Å²) in [5.74, 6) is -1.02. The Kier molecular flexibility index (Phi) is 8.25. The Morgan fingerprint density at radius 2 is 1.67 bits per heavy atom. The lowest BCUT2D eigenvalue weighted by Crippen LogP contribution is -2.41. The maximum Gasteiger partial charge on any atom is 0.253 e. The van der Waals surface area contributed by atoms with Gasteiger partial charge in [-0.3, -0.25) is 9.59 Å². The fraction of sp³-hybridized carbons (Fsp3) is 0.300. The fourth-order valence-corrected chi connectivity index (χ4v) is 4.90. The van der Waals surface area contributed by atoms with Crippen LogP contribution >= 0.6 is 23.2 Å². The number of halogens is 2. The van der Waals surface area contributed by atoms with Crippen LogP contribution in [-0.4, -0.2) is 43.7 Å². The zero-order valence-corrected chi connectivity index (χ0v) is 19.1. The molecule has 30 heavy (non-hydrogen) atoms. The second kappa shape index (κ2) is 10.3. The van der Waals surface area contributed by atoms with E-state index >= 15 is 0 Å². The predicted octanol–water partition coefficient (Wildman–Crippen LogP) is 3.78. The Labute approximate surface area is 186 Å². The highest BCUT2D eigenvalue weighted by Gasteiger charge is 2.25. The van der Waals surface area contributed by atoms with Crippen molar-refractivity contribution >= 4 is 50.7 Å². The number of rotatable bonds is 8. The van der Waals surface area contributed by atoms with E-state index in [1.807, 2.05) is 0 Å². The van der Waals surface area contributed by atoms with E-state index in [-0.39, 0.29) is 39.3 Å². The number of amides is 2. The topological polar surface area (TPSA) is 95.6 Å². The van der Waals surface area contributed by atoms with Crippen molar-refractivity contribution in [3.63, 3.8) is 0 Å².